The maximum atomic E-state index is 12.3. The highest BCUT2D eigenvalue weighted by Crippen LogP contribution is 2.23. The Labute approximate surface area is 140 Å². The van der Waals surface area contributed by atoms with Crippen LogP contribution in [0.5, 0.6) is 5.75 Å². The van der Waals surface area contributed by atoms with Gasteiger partial charge < -0.3 is 20.2 Å². The van der Waals surface area contributed by atoms with Crippen LogP contribution < -0.4 is 15.8 Å². The Balaban J connectivity index is 2.02. The van der Waals surface area contributed by atoms with E-state index in [-0.39, 0.29) is 30.2 Å². The second-order valence-corrected chi connectivity index (χ2v) is 6.30. The van der Waals surface area contributed by atoms with E-state index in [0.29, 0.717) is 11.5 Å². The van der Waals surface area contributed by atoms with Crippen molar-refractivity contribution in [3.8, 4) is 5.75 Å². The first-order valence-electron chi connectivity index (χ1n) is 7.51. The molecule has 3 N–H and O–H groups in total. The van der Waals surface area contributed by atoms with Crippen molar-refractivity contribution in [2.24, 2.45) is 5.73 Å². The van der Waals surface area contributed by atoms with Crippen LogP contribution in [-0.4, -0.2) is 23.4 Å². The van der Waals surface area contributed by atoms with Gasteiger partial charge in [0.2, 0.25) is 5.89 Å². The highest BCUT2D eigenvalue weighted by atomic mass is 16.5. The van der Waals surface area contributed by atoms with E-state index in [0.717, 1.165) is 5.76 Å². The normalized spacial score (nSPS) is 11.1. The van der Waals surface area contributed by atoms with Crippen LogP contribution in [0, 0.1) is 0 Å². The van der Waals surface area contributed by atoms with Gasteiger partial charge in [-0.3, -0.25) is 9.59 Å². The zero-order chi connectivity index (χ0) is 17.7. The van der Waals surface area contributed by atoms with E-state index < -0.39 is 5.91 Å². The summed E-state index contributed by atoms with van der Waals surface area (Å²) >= 11 is 0. The van der Waals surface area contributed by atoms with Crippen LogP contribution in [0.3, 0.4) is 0 Å². The van der Waals surface area contributed by atoms with Crippen molar-refractivity contribution in [1.82, 2.24) is 10.3 Å². The maximum absolute atomic E-state index is 12.3. The third-order valence-electron chi connectivity index (χ3n) is 3.19. The lowest BCUT2D eigenvalue weighted by atomic mass is 9.94. The van der Waals surface area contributed by atoms with E-state index in [1.54, 1.807) is 30.5 Å². The second-order valence-electron chi connectivity index (χ2n) is 6.30. The standard InChI is InChI=1S/C17H21N3O4/c1-17(2,3)13-8-19-15(24-13)9-20-16(22)11-6-4-5-7-12(11)23-10-14(18)21/h4-8H,9-10H2,1-3H3,(H2,18,21)(H,20,22). The van der Waals surface area contributed by atoms with Gasteiger partial charge in [0.05, 0.1) is 18.3 Å². The summed E-state index contributed by atoms with van der Waals surface area (Å²) in [5.41, 5.74) is 5.21. The first-order valence-corrected chi connectivity index (χ1v) is 7.51. The highest BCUT2D eigenvalue weighted by Gasteiger charge is 2.19. The fourth-order valence-electron chi connectivity index (χ4n) is 1.92. The van der Waals surface area contributed by atoms with Crippen molar-refractivity contribution in [2.75, 3.05) is 6.61 Å². The fraction of sp³-hybridized carbons (Fsp3) is 0.353. The number of ether oxygens (including phenoxy) is 1. The predicted molar refractivity (Wildman–Crippen MR) is 87.5 cm³/mol. The number of para-hydroxylation sites is 1. The summed E-state index contributed by atoms with van der Waals surface area (Å²) in [5, 5.41) is 2.72. The number of primary amides is 1. The lowest BCUT2D eigenvalue weighted by Gasteiger charge is -2.13. The molecule has 1 heterocycles. The molecule has 0 atom stereocenters. The topological polar surface area (TPSA) is 107 Å². The summed E-state index contributed by atoms with van der Waals surface area (Å²) in [7, 11) is 0. The molecule has 0 aliphatic carbocycles. The molecule has 1 aromatic carbocycles. The van der Waals surface area contributed by atoms with E-state index in [9.17, 15) is 9.59 Å². The van der Waals surface area contributed by atoms with Crippen molar-refractivity contribution in [3.05, 3.63) is 47.7 Å². The third-order valence-corrected chi connectivity index (χ3v) is 3.19. The number of hydrogen-bond acceptors (Lipinski definition) is 5. The molecule has 24 heavy (non-hydrogen) atoms. The predicted octanol–water partition coefficient (Wildman–Crippen LogP) is 1.77. The molecule has 2 amide bonds. The quantitative estimate of drug-likeness (QED) is 0.838. The summed E-state index contributed by atoms with van der Waals surface area (Å²) in [6.45, 7) is 5.91. The molecule has 0 radical (unpaired) electrons. The molecule has 0 saturated heterocycles. The summed E-state index contributed by atoms with van der Waals surface area (Å²) in [4.78, 5) is 27.3. The first-order chi connectivity index (χ1) is 11.3. The molecular weight excluding hydrogens is 310 g/mol. The number of oxazole rings is 1. The monoisotopic (exact) mass is 331 g/mol. The van der Waals surface area contributed by atoms with E-state index >= 15 is 0 Å². The molecule has 7 heteroatoms. The summed E-state index contributed by atoms with van der Waals surface area (Å²) in [5.74, 6) is 0.489. The minimum Gasteiger partial charge on any atom is -0.483 e. The van der Waals surface area contributed by atoms with Gasteiger partial charge in [0.15, 0.2) is 6.61 Å². The average molecular weight is 331 g/mol. The number of nitrogens with two attached hydrogens (primary N) is 1. The summed E-state index contributed by atoms with van der Waals surface area (Å²) in [6, 6.07) is 6.61. The number of nitrogens with one attached hydrogen (secondary N) is 1. The number of benzene rings is 1. The maximum Gasteiger partial charge on any atom is 0.255 e. The molecule has 0 unspecified atom stereocenters. The van der Waals surface area contributed by atoms with Crippen molar-refractivity contribution < 1.29 is 18.7 Å². The Bertz CT molecular complexity index is 731. The molecule has 128 valence electrons. The van der Waals surface area contributed by atoms with Crippen LogP contribution in [0.25, 0.3) is 0 Å². The van der Waals surface area contributed by atoms with Crippen molar-refractivity contribution >= 4 is 11.8 Å². The molecule has 0 aliphatic heterocycles. The van der Waals surface area contributed by atoms with Crippen LogP contribution in [0.1, 0.15) is 42.8 Å². The van der Waals surface area contributed by atoms with Gasteiger partial charge in [0, 0.05) is 5.41 Å². The Morgan fingerprint density at radius 1 is 1.29 bits per heavy atom. The van der Waals surface area contributed by atoms with Gasteiger partial charge in [-0.25, -0.2) is 4.98 Å². The fourth-order valence-corrected chi connectivity index (χ4v) is 1.92. The van der Waals surface area contributed by atoms with Gasteiger partial charge in [-0.2, -0.15) is 0 Å². The minimum atomic E-state index is -0.611. The van der Waals surface area contributed by atoms with Crippen LogP contribution >= 0.6 is 0 Å². The Hall–Kier alpha value is -2.83. The lowest BCUT2D eigenvalue weighted by Crippen LogP contribution is -2.25. The largest absolute Gasteiger partial charge is 0.483 e. The summed E-state index contributed by atoms with van der Waals surface area (Å²) in [6.07, 6.45) is 1.66. The zero-order valence-corrected chi connectivity index (χ0v) is 14.0. The number of carbonyl (C=O) groups is 2. The Kier molecular flexibility index (Phi) is 5.23. The second kappa shape index (κ2) is 7.16. The van der Waals surface area contributed by atoms with E-state index in [1.165, 1.54) is 0 Å². The number of hydrogen-bond donors (Lipinski definition) is 2. The van der Waals surface area contributed by atoms with Crippen molar-refractivity contribution in [3.63, 3.8) is 0 Å². The molecule has 1 aromatic heterocycles. The third kappa shape index (κ3) is 4.58. The summed E-state index contributed by atoms with van der Waals surface area (Å²) < 4.78 is 10.9. The van der Waals surface area contributed by atoms with Gasteiger partial charge in [-0.15, -0.1) is 0 Å². The van der Waals surface area contributed by atoms with Crippen LogP contribution in [0.4, 0.5) is 0 Å². The smallest absolute Gasteiger partial charge is 0.255 e. The molecule has 0 bridgehead atoms. The molecular formula is C17H21N3O4. The lowest BCUT2D eigenvalue weighted by molar-refractivity contribution is -0.119. The van der Waals surface area contributed by atoms with E-state index in [1.807, 2.05) is 20.8 Å². The van der Waals surface area contributed by atoms with Crippen molar-refractivity contribution in [2.45, 2.75) is 32.7 Å². The zero-order valence-electron chi connectivity index (χ0n) is 14.0. The van der Waals surface area contributed by atoms with Gasteiger partial charge in [0.25, 0.3) is 11.8 Å². The first kappa shape index (κ1) is 17.5. The molecule has 7 nitrogen and oxygen atoms in total. The molecule has 0 fully saturated rings. The Morgan fingerprint density at radius 3 is 2.62 bits per heavy atom. The van der Waals surface area contributed by atoms with E-state index in [2.05, 4.69) is 10.3 Å². The van der Waals surface area contributed by atoms with Crippen LogP contribution in [-0.2, 0) is 16.8 Å². The van der Waals surface area contributed by atoms with Crippen molar-refractivity contribution in [1.29, 1.82) is 0 Å². The number of aromatic nitrogens is 1. The number of rotatable bonds is 6. The molecule has 0 aliphatic rings. The number of nitrogens with zero attached hydrogens (tertiary/aromatic N) is 1. The van der Waals surface area contributed by atoms with Gasteiger partial charge in [0.1, 0.15) is 11.5 Å². The van der Waals surface area contributed by atoms with Crippen LogP contribution in [0.15, 0.2) is 34.9 Å². The van der Waals surface area contributed by atoms with Gasteiger partial charge >= 0.3 is 0 Å². The van der Waals surface area contributed by atoms with Gasteiger partial charge in [-0.1, -0.05) is 32.9 Å². The average Bonchev–Trinajstić information content (AvgIpc) is 3.00. The molecule has 0 saturated carbocycles. The Morgan fingerprint density at radius 2 is 2.00 bits per heavy atom. The molecule has 2 aromatic rings. The van der Waals surface area contributed by atoms with Crippen LogP contribution in [0.2, 0.25) is 0 Å². The molecule has 2 rings (SSSR count). The number of amides is 2. The molecule has 0 spiro atoms. The van der Waals surface area contributed by atoms with E-state index in [4.69, 9.17) is 14.9 Å². The van der Waals surface area contributed by atoms with Gasteiger partial charge in [-0.05, 0) is 12.1 Å². The SMILES string of the molecule is CC(C)(C)c1cnc(CNC(=O)c2ccccc2OCC(N)=O)o1. The number of carbonyl (C=O) groups excluding carboxylic acids is 2. The minimum absolute atomic E-state index is 0.148. The highest BCUT2D eigenvalue weighted by molar-refractivity contribution is 5.96.